The first kappa shape index (κ1) is 13.4. The van der Waals surface area contributed by atoms with E-state index in [0.29, 0.717) is 5.92 Å². The number of nitrogens with zero attached hydrogens (tertiary/aromatic N) is 2. The van der Waals surface area contributed by atoms with Crippen LogP contribution in [0.2, 0.25) is 0 Å². The molecule has 1 saturated carbocycles. The molecule has 0 radical (unpaired) electrons. The van der Waals surface area contributed by atoms with Crippen LogP contribution in [-0.4, -0.2) is 17.0 Å². The van der Waals surface area contributed by atoms with Crippen LogP contribution in [0.1, 0.15) is 30.1 Å². The molecule has 20 heavy (non-hydrogen) atoms. The summed E-state index contributed by atoms with van der Waals surface area (Å²) in [5.74, 6) is 3.15. The topological polar surface area (TPSA) is 49.8 Å². The average Bonchev–Trinajstić information content (AvgIpc) is 3.26. The predicted molar refractivity (Wildman–Crippen MR) is 85.7 cm³/mol. The summed E-state index contributed by atoms with van der Waals surface area (Å²) >= 11 is 3.58. The number of hydrogen-bond donors (Lipinski definition) is 2. The zero-order chi connectivity index (χ0) is 14.1. The highest BCUT2D eigenvalue weighted by Crippen LogP contribution is 2.39. The molecule has 0 bridgehead atoms. The van der Waals surface area contributed by atoms with Gasteiger partial charge in [0.15, 0.2) is 0 Å². The van der Waals surface area contributed by atoms with Gasteiger partial charge in [0.25, 0.3) is 0 Å². The van der Waals surface area contributed by atoms with Gasteiger partial charge in [0.2, 0.25) is 0 Å². The summed E-state index contributed by atoms with van der Waals surface area (Å²) in [6.45, 7) is 2.07. The molecule has 5 heteroatoms. The second-order valence-corrected chi connectivity index (χ2v) is 5.98. The fraction of sp³-hybridized carbons (Fsp3) is 0.333. The van der Waals surface area contributed by atoms with E-state index in [0.717, 1.165) is 27.6 Å². The van der Waals surface area contributed by atoms with Crippen LogP contribution in [0.4, 0.5) is 17.3 Å². The lowest BCUT2D eigenvalue weighted by Crippen LogP contribution is -2.03. The van der Waals surface area contributed by atoms with E-state index in [1.807, 2.05) is 13.1 Å². The predicted octanol–water partition coefficient (Wildman–Crippen LogP) is 4.21. The number of nitrogens with one attached hydrogen (secondary N) is 2. The summed E-state index contributed by atoms with van der Waals surface area (Å²) < 4.78 is 1.04. The van der Waals surface area contributed by atoms with Crippen molar-refractivity contribution in [3.8, 4) is 0 Å². The van der Waals surface area contributed by atoms with Gasteiger partial charge >= 0.3 is 0 Å². The summed E-state index contributed by atoms with van der Waals surface area (Å²) in [6, 6.07) is 8.15. The molecule has 0 aliphatic heterocycles. The van der Waals surface area contributed by atoms with Gasteiger partial charge in [0, 0.05) is 23.5 Å². The molecule has 1 aliphatic rings. The van der Waals surface area contributed by atoms with E-state index in [1.165, 1.54) is 18.4 Å². The number of benzene rings is 1. The van der Waals surface area contributed by atoms with Crippen molar-refractivity contribution in [3.05, 3.63) is 40.1 Å². The molecule has 1 aliphatic carbocycles. The number of aromatic nitrogens is 2. The van der Waals surface area contributed by atoms with Gasteiger partial charge in [-0.25, -0.2) is 9.97 Å². The molecule has 0 spiro atoms. The summed E-state index contributed by atoms with van der Waals surface area (Å²) in [5, 5.41) is 6.46. The molecule has 1 heterocycles. The van der Waals surface area contributed by atoms with E-state index in [2.05, 4.69) is 61.7 Å². The summed E-state index contributed by atoms with van der Waals surface area (Å²) in [7, 11) is 1.88. The lowest BCUT2D eigenvalue weighted by molar-refractivity contribution is 0.932. The standard InChI is InChI=1S/C15H17BrN4/c1-9-3-6-12(11(16)7-9)18-14-8-13(17-2)19-15(20-14)10-4-5-10/h3,6-8,10H,4-5H2,1-2H3,(H2,17,18,19,20). The largest absolute Gasteiger partial charge is 0.373 e. The molecule has 1 aromatic heterocycles. The van der Waals surface area contributed by atoms with Gasteiger partial charge in [0.1, 0.15) is 17.5 Å². The first-order chi connectivity index (χ1) is 9.65. The minimum atomic E-state index is 0.533. The van der Waals surface area contributed by atoms with E-state index in [-0.39, 0.29) is 0 Å². The van der Waals surface area contributed by atoms with Crippen molar-refractivity contribution in [2.24, 2.45) is 0 Å². The molecule has 104 valence electrons. The van der Waals surface area contributed by atoms with E-state index >= 15 is 0 Å². The van der Waals surface area contributed by atoms with Crippen LogP contribution in [0.15, 0.2) is 28.7 Å². The van der Waals surface area contributed by atoms with E-state index in [1.54, 1.807) is 0 Å². The molecule has 1 aromatic carbocycles. The van der Waals surface area contributed by atoms with Crippen LogP contribution in [0.25, 0.3) is 0 Å². The SMILES string of the molecule is CNc1cc(Nc2ccc(C)cc2Br)nc(C2CC2)n1. The Morgan fingerprint density at radius 2 is 1.90 bits per heavy atom. The molecule has 3 rings (SSSR count). The van der Waals surface area contributed by atoms with Crippen molar-refractivity contribution in [2.45, 2.75) is 25.7 Å². The van der Waals surface area contributed by atoms with Crippen molar-refractivity contribution in [1.82, 2.24) is 9.97 Å². The quantitative estimate of drug-likeness (QED) is 0.880. The Bertz CT molecular complexity index is 638. The average molecular weight is 333 g/mol. The highest BCUT2D eigenvalue weighted by Gasteiger charge is 2.27. The number of halogens is 1. The second-order valence-electron chi connectivity index (χ2n) is 5.13. The van der Waals surface area contributed by atoms with Crippen molar-refractivity contribution in [2.75, 3.05) is 17.7 Å². The van der Waals surface area contributed by atoms with E-state index < -0.39 is 0 Å². The lowest BCUT2D eigenvalue weighted by Gasteiger charge is -2.11. The van der Waals surface area contributed by atoms with Gasteiger partial charge in [-0.3, -0.25) is 0 Å². The van der Waals surface area contributed by atoms with Gasteiger partial charge < -0.3 is 10.6 Å². The van der Waals surface area contributed by atoms with Crippen LogP contribution in [-0.2, 0) is 0 Å². The van der Waals surface area contributed by atoms with E-state index in [9.17, 15) is 0 Å². The second kappa shape index (κ2) is 5.40. The number of anilines is 3. The third kappa shape index (κ3) is 2.93. The number of aryl methyl sites for hydroxylation is 1. The molecule has 0 atom stereocenters. The summed E-state index contributed by atoms with van der Waals surface area (Å²) in [5.41, 5.74) is 2.23. The molecular weight excluding hydrogens is 316 g/mol. The van der Waals surface area contributed by atoms with Gasteiger partial charge in [-0.1, -0.05) is 6.07 Å². The minimum absolute atomic E-state index is 0.533. The first-order valence-corrected chi connectivity index (χ1v) is 7.55. The monoisotopic (exact) mass is 332 g/mol. The zero-order valence-electron chi connectivity index (χ0n) is 11.6. The van der Waals surface area contributed by atoms with Crippen molar-refractivity contribution < 1.29 is 0 Å². The Morgan fingerprint density at radius 3 is 2.55 bits per heavy atom. The Hall–Kier alpha value is -1.62. The number of hydrogen-bond acceptors (Lipinski definition) is 4. The van der Waals surface area contributed by atoms with Crippen LogP contribution in [0.5, 0.6) is 0 Å². The summed E-state index contributed by atoms with van der Waals surface area (Å²) in [6.07, 6.45) is 2.39. The molecule has 0 amide bonds. The zero-order valence-corrected chi connectivity index (χ0v) is 13.2. The normalized spacial score (nSPS) is 14.2. The maximum Gasteiger partial charge on any atom is 0.136 e. The Labute approximate surface area is 127 Å². The van der Waals surface area contributed by atoms with Crippen LogP contribution in [0.3, 0.4) is 0 Å². The maximum absolute atomic E-state index is 4.62. The molecule has 0 unspecified atom stereocenters. The summed E-state index contributed by atoms with van der Waals surface area (Å²) in [4.78, 5) is 9.14. The fourth-order valence-electron chi connectivity index (χ4n) is 2.04. The van der Waals surface area contributed by atoms with E-state index in [4.69, 9.17) is 0 Å². The Kier molecular flexibility index (Phi) is 3.61. The maximum atomic E-state index is 4.62. The van der Waals surface area contributed by atoms with Crippen LogP contribution in [0, 0.1) is 6.92 Å². The van der Waals surface area contributed by atoms with Crippen molar-refractivity contribution >= 4 is 33.3 Å². The van der Waals surface area contributed by atoms with Crippen LogP contribution >= 0.6 is 15.9 Å². The molecule has 1 fully saturated rings. The molecule has 4 nitrogen and oxygen atoms in total. The smallest absolute Gasteiger partial charge is 0.136 e. The van der Waals surface area contributed by atoms with Crippen molar-refractivity contribution in [3.63, 3.8) is 0 Å². The highest BCUT2D eigenvalue weighted by molar-refractivity contribution is 9.10. The fourth-order valence-corrected chi connectivity index (χ4v) is 2.63. The van der Waals surface area contributed by atoms with Gasteiger partial charge in [-0.15, -0.1) is 0 Å². The molecule has 2 N–H and O–H groups in total. The first-order valence-electron chi connectivity index (χ1n) is 6.75. The van der Waals surface area contributed by atoms with Crippen LogP contribution < -0.4 is 10.6 Å². The Balaban J connectivity index is 1.91. The highest BCUT2D eigenvalue weighted by atomic mass is 79.9. The lowest BCUT2D eigenvalue weighted by atomic mass is 10.2. The molecular formula is C15H17BrN4. The minimum Gasteiger partial charge on any atom is -0.373 e. The van der Waals surface area contributed by atoms with Gasteiger partial charge in [0.05, 0.1) is 5.69 Å². The van der Waals surface area contributed by atoms with Crippen molar-refractivity contribution in [1.29, 1.82) is 0 Å². The molecule has 0 saturated heterocycles. The molecule has 2 aromatic rings. The van der Waals surface area contributed by atoms with Gasteiger partial charge in [-0.05, 0) is 53.4 Å². The Morgan fingerprint density at radius 1 is 1.15 bits per heavy atom. The van der Waals surface area contributed by atoms with Gasteiger partial charge in [-0.2, -0.15) is 0 Å². The third-order valence-corrected chi connectivity index (χ3v) is 3.99. The third-order valence-electron chi connectivity index (χ3n) is 3.33. The number of rotatable bonds is 4.